The topological polar surface area (TPSA) is 120 Å². The Hall–Kier alpha value is -2.66. The lowest BCUT2D eigenvalue weighted by Gasteiger charge is -2.30. The molecule has 0 saturated heterocycles. The summed E-state index contributed by atoms with van der Waals surface area (Å²) in [5, 5.41) is 18.8. The van der Waals surface area contributed by atoms with Gasteiger partial charge in [-0.25, -0.2) is 17.8 Å². The van der Waals surface area contributed by atoms with Gasteiger partial charge in [0, 0.05) is 12.1 Å². The molecule has 3 aromatic rings. The molecule has 2 atom stereocenters. The molecule has 148 valence electrons. The highest BCUT2D eigenvalue weighted by Gasteiger charge is 2.28. The van der Waals surface area contributed by atoms with Crippen molar-refractivity contribution >= 4 is 10.0 Å². The summed E-state index contributed by atoms with van der Waals surface area (Å²) in [6, 6.07) is 5.24. The van der Waals surface area contributed by atoms with Crippen molar-refractivity contribution < 1.29 is 8.42 Å². The van der Waals surface area contributed by atoms with Gasteiger partial charge in [0.05, 0.1) is 10.6 Å². The highest BCUT2D eigenvalue weighted by molar-refractivity contribution is 7.89. The Morgan fingerprint density at radius 2 is 1.96 bits per heavy atom. The largest absolute Gasteiger partial charge is 0.317 e. The number of hydrogen-bond acceptors (Lipinski definition) is 7. The molecule has 1 aliphatic carbocycles. The molecule has 0 radical (unpaired) electrons. The van der Waals surface area contributed by atoms with E-state index in [2.05, 4.69) is 30.4 Å². The Labute approximate surface area is 163 Å². The van der Waals surface area contributed by atoms with E-state index in [4.69, 9.17) is 0 Å². The molecule has 11 heteroatoms. The van der Waals surface area contributed by atoms with E-state index in [0.717, 1.165) is 36.9 Å². The average Bonchev–Trinajstić information content (AvgIpc) is 3.41. The van der Waals surface area contributed by atoms with E-state index in [9.17, 15) is 8.42 Å². The fourth-order valence-electron chi connectivity index (χ4n) is 3.75. The molecule has 1 fully saturated rings. The second-order valence-electron chi connectivity index (χ2n) is 6.95. The predicted octanol–water partition coefficient (Wildman–Crippen LogP) is 1.28. The van der Waals surface area contributed by atoms with Crippen molar-refractivity contribution in [3.63, 3.8) is 0 Å². The number of aryl methyl sites for hydroxylation is 1. The number of aromatic nitrogens is 7. The van der Waals surface area contributed by atoms with E-state index in [-0.39, 0.29) is 12.1 Å². The number of hydrogen-bond donors (Lipinski definition) is 1. The van der Waals surface area contributed by atoms with Crippen LogP contribution in [0.15, 0.2) is 42.1 Å². The maximum absolute atomic E-state index is 13.1. The zero-order valence-electron chi connectivity index (χ0n) is 15.5. The van der Waals surface area contributed by atoms with Gasteiger partial charge in [0.1, 0.15) is 19.0 Å². The Morgan fingerprint density at radius 1 is 1.14 bits per heavy atom. The monoisotopic (exact) mass is 402 g/mol. The fourth-order valence-corrected chi connectivity index (χ4v) is 5.32. The number of sulfonamides is 1. The summed E-state index contributed by atoms with van der Waals surface area (Å²) in [6.45, 7) is 1.93. The summed E-state index contributed by atoms with van der Waals surface area (Å²) in [7, 11) is -3.63. The summed E-state index contributed by atoms with van der Waals surface area (Å²) in [5.41, 5.74) is 1.46. The number of rotatable bonds is 6. The van der Waals surface area contributed by atoms with Gasteiger partial charge in [0.2, 0.25) is 10.0 Å². The summed E-state index contributed by atoms with van der Waals surface area (Å²) in [6.07, 6.45) is 8.94. The van der Waals surface area contributed by atoms with Crippen molar-refractivity contribution in [2.75, 3.05) is 0 Å². The summed E-state index contributed by atoms with van der Waals surface area (Å²) in [4.78, 5) is 0.304. The van der Waals surface area contributed by atoms with Gasteiger partial charge in [0.15, 0.2) is 0 Å². The van der Waals surface area contributed by atoms with Crippen LogP contribution >= 0.6 is 0 Å². The standard InChI is InChI=1S/C17H22N8O2S/c1-2-13-8-16(25-12-20-22-23-25)6-7-17(13)28(26,27)21-14-4-3-5-15(9-14)24-10-18-19-11-24/h6-8,10-12,14-15,21H,2-5,9H2,1H3. The van der Waals surface area contributed by atoms with Crippen molar-refractivity contribution in [1.82, 2.24) is 39.7 Å². The SMILES string of the molecule is CCc1cc(-n2cnnn2)ccc1S(=O)(=O)NC1CCCC(n2cnnc2)C1. The lowest BCUT2D eigenvalue weighted by molar-refractivity contribution is 0.305. The second-order valence-corrected chi connectivity index (χ2v) is 8.63. The molecule has 0 aliphatic heterocycles. The highest BCUT2D eigenvalue weighted by atomic mass is 32.2. The molecule has 0 amide bonds. The molecule has 2 heterocycles. The second kappa shape index (κ2) is 7.76. The molecule has 2 unspecified atom stereocenters. The van der Waals surface area contributed by atoms with Crippen LogP contribution in [-0.4, -0.2) is 49.4 Å². The number of tetrazole rings is 1. The van der Waals surface area contributed by atoms with Gasteiger partial charge in [0.25, 0.3) is 0 Å². The zero-order valence-corrected chi connectivity index (χ0v) is 16.3. The molecule has 2 aromatic heterocycles. The first-order chi connectivity index (χ1) is 13.6. The van der Waals surface area contributed by atoms with Crippen LogP contribution in [0.2, 0.25) is 0 Å². The van der Waals surface area contributed by atoms with Crippen molar-refractivity contribution in [1.29, 1.82) is 0 Å². The maximum Gasteiger partial charge on any atom is 0.241 e. The van der Waals surface area contributed by atoms with Crippen molar-refractivity contribution in [3.8, 4) is 5.69 Å². The molecular weight excluding hydrogens is 380 g/mol. The lowest BCUT2D eigenvalue weighted by Crippen LogP contribution is -2.39. The van der Waals surface area contributed by atoms with Crippen LogP contribution in [0.5, 0.6) is 0 Å². The van der Waals surface area contributed by atoms with Crippen molar-refractivity contribution in [2.24, 2.45) is 0 Å². The first kappa shape index (κ1) is 18.7. The van der Waals surface area contributed by atoms with Crippen LogP contribution in [0.4, 0.5) is 0 Å². The Bertz CT molecular complexity index is 1020. The quantitative estimate of drug-likeness (QED) is 0.659. The van der Waals surface area contributed by atoms with Crippen LogP contribution < -0.4 is 4.72 Å². The fraction of sp³-hybridized carbons (Fsp3) is 0.471. The Balaban J connectivity index is 1.54. The van der Waals surface area contributed by atoms with Gasteiger partial charge in [-0.15, -0.1) is 15.3 Å². The minimum Gasteiger partial charge on any atom is -0.317 e. The van der Waals surface area contributed by atoms with Crippen LogP contribution in [0.25, 0.3) is 5.69 Å². The molecule has 4 rings (SSSR count). The van der Waals surface area contributed by atoms with E-state index in [0.29, 0.717) is 11.3 Å². The van der Waals surface area contributed by atoms with Gasteiger partial charge in [-0.05, 0) is 66.3 Å². The van der Waals surface area contributed by atoms with E-state index < -0.39 is 10.0 Å². The number of benzene rings is 1. The normalized spacial score (nSPS) is 20.3. The summed E-state index contributed by atoms with van der Waals surface area (Å²) < 4.78 is 32.5. The number of nitrogens with zero attached hydrogens (tertiary/aromatic N) is 7. The Kier molecular flexibility index (Phi) is 5.18. The van der Waals surface area contributed by atoms with Crippen LogP contribution in [-0.2, 0) is 16.4 Å². The van der Waals surface area contributed by atoms with E-state index in [1.807, 2.05) is 17.6 Å². The van der Waals surface area contributed by atoms with Crippen LogP contribution in [0.1, 0.15) is 44.2 Å². The van der Waals surface area contributed by atoms with Crippen molar-refractivity contribution in [2.45, 2.75) is 56.0 Å². The van der Waals surface area contributed by atoms with E-state index >= 15 is 0 Å². The molecule has 1 aliphatic rings. The first-order valence-corrected chi connectivity index (χ1v) is 10.8. The molecule has 28 heavy (non-hydrogen) atoms. The smallest absolute Gasteiger partial charge is 0.241 e. The third-order valence-corrected chi connectivity index (χ3v) is 6.78. The predicted molar refractivity (Wildman–Crippen MR) is 100 cm³/mol. The zero-order chi connectivity index (χ0) is 19.6. The minimum atomic E-state index is -3.63. The maximum atomic E-state index is 13.1. The molecule has 1 saturated carbocycles. The summed E-state index contributed by atoms with van der Waals surface area (Å²) >= 11 is 0. The molecule has 0 spiro atoms. The number of nitrogens with one attached hydrogen (secondary N) is 1. The third kappa shape index (κ3) is 3.80. The van der Waals surface area contributed by atoms with E-state index in [1.165, 1.54) is 11.0 Å². The molecule has 1 aromatic carbocycles. The molecule has 10 nitrogen and oxygen atoms in total. The highest BCUT2D eigenvalue weighted by Crippen LogP contribution is 2.29. The molecule has 1 N–H and O–H groups in total. The molecule has 0 bridgehead atoms. The van der Waals surface area contributed by atoms with Gasteiger partial charge < -0.3 is 4.57 Å². The summed E-state index contributed by atoms with van der Waals surface area (Å²) in [5.74, 6) is 0. The van der Waals surface area contributed by atoms with Gasteiger partial charge in [-0.3, -0.25) is 0 Å². The first-order valence-electron chi connectivity index (χ1n) is 9.29. The van der Waals surface area contributed by atoms with Gasteiger partial charge in [-0.1, -0.05) is 6.92 Å². The van der Waals surface area contributed by atoms with Gasteiger partial charge in [-0.2, -0.15) is 0 Å². The van der Waals surface area contributed by atoms with Gasteiger partial charge >= 0.3 is 0 Å². The lowest BCUT2D eigenvalue weighted by atomic mass is 9.91. The minimum absolute atomic E-state index is 0.116. The Morgan fingerprint density at radius 3 is 2.68 bits per heavy atom. The molecular formula is C17H22N8O2S. The van der Waals surface area contributed by atoms with Crippen LogP contribution in [0, 0.1) is 0 Å². The van der Waals surface area contributed by atoms with E-state index in [1.54, 1.807) is 24.8 Å². The average molecular weight is 402 g/mol. The third-order valence-electron chi connectivity index (χ3n) is 5.15. The van der Waals surface area contributed by atoms with Crippen LogP contribution in [0.3, 0.4) is 0 Å². The van der Waals surface area contributed by atoms with Crippen molar-refractivity contribution in [3.05, 3.63) is 42.7 Å².